The first-order valence-corrected chi connectivity index (χ1v) is 8.95. The molecule has 2 aromatic carbocycles. The van der Waals surface area contributed by atoms with E-state index in [1.807, 2.05) is 42.5 Å². The van der Waals surface area contributed by atoms with Gasteiger partial charge < -0.3 is 20.1 Å². The number of likely N-dealkylation sites (N-methyl/N-ethyl adjacent to an activating group) is 1. The van der Waals surface area contributed by atoms with Gasteiger partial charge in [0.25, 0.3) is 0 Å². The maximum atomic E-state index is 13.0. The van der Waals surface area contributed by atoms with Crippen LogP contribution in [-0.4, -0.2) is 34.2 Å². The van der Waals surface area contributed by atoms with Crippen molar-refractivity contribution < 1.29 is 14.7 Å². The van der Waals surface area contributed by atoms with Crippen LogP contribution >= 0.6 is 0 Å². The number of carboxylic acid groups (broad SMARTS) is 1. The summed E-state index contributed by atoms with van der Waals surface area (Å²) in [6.45, 7) is 0.103. The molecule has 144 valence electrons. The first-order valence-electron chi connectivity index (χ1n) is 8.95. The van der Waals surface area contributed by atoms with Gasteiger partial charge in [0, 0.05) is 25.3 Å². The van der Waals surface area contributed by atoms with Crippen LogP contribution in [-0.2, 0) is 24.3 Å². The van der Waals surface area contributed by atoms with E-state index in [1.54, 1.807) is 13.1 Å². The molecular weight excluding hydrogens is 360 g/mol. The molecule has 28 heavy (non-hydrogen) atoms. The molecule has 8 nitrogen and oxygen atoms in total. The number of anilines is 1. The number of imidazole rings is 1. The molecule has 1 unspecified atom stereocenters. The van der Waals surface area contributed by atoms with Gasteiger partial charge in [-0.2, -0.15) is 0 Å². The summed E-state index contributed by atoms with van der Waals surface area (Å²) >= 11 is 0. The number of nitrogens with zero attached hydrogens (tertiary/aromatic N) is 3. The molecule has 8 heteroatoms. The fourth-order valence-electron chi connectivity index (χ4n) is 3.79. The Hall–Kier alpha value is -3.55. The highest BCUT2D eigenvalue weighted by Crippen LogP contribution is 2.24. The fraction of sp³-hybridized carbons (Fsp3) is 0.250. The zero-order valence-electron chi connectivity index (χ0n) is 15.3. The Morgan fingerprint density at radius 1 is 1.18 bits per heavy atom. The minimum Gasteiger partial charge on any atom is -0.530 e. The molecule has 0 bridgehead atoms. The van der Waals surface area contributed by atoms with E-state index in [-0.39, 0.29) is 24.7 Å². The molecule has 0 saturated heterocycles. The molecule has 2 heterocycles. The molecule has 3 aromatic rings. The average molecular weight is 379 g/mol. The maximum Gasteiger partial charge on any atom is 0.329 e. The van der Waals surface area contributed by atoms with Crippen molar-refractivity contribution in [2.45, 2.75) is 25.6 Å². The minimum absolute atomic E-state index is 0.101. The summed E-state index contributed by atoms with van der Waals surface area (Å²) in [6, 6.07) is 14.2. The monoisotopic (exact) mass is 379 g/mol. The topological polar surface area (TPSA) is 99.4 Å². The summed E-state index contributed by atoms with van der Waals surface area (Å²) in [5.41, 5.74) is 2.69. The Kier molecular flexibility index (Phi) is 4.38. The molecule has 4 rings (SSSR count). The lowest BCUT2D eigenvalue weighted by Crippen LogP contribution is -2.48. The number of amides is 2. The van der Waals surface area contributed by atoms with E-state index in [0.29, 0.717) is 11.9 Å². The summed E-state index contributed by atoms with van der Waals surface area (Å²) in [4.78, 5) is 38.2. The number of benzene rings is 2. The van der Waals surface area contributed by atoms with Crippen LogP contribution in [0.2, 0.25) is 0 Å². The fourth-order valence-corrected chi connectivity index (χ4v) is 3.79. The second-order valence-corrected chi connectivity index (χ2v) is 6.89. The Labute approximate surface area is 160 Å². The van der Waals surface area contributed by atoms with Crippen LogP contribution in [0.4, 0.5) is 10.5 Å². The second kappa shape index (κ2) is 6.88. The van der Waals surface area contributed by atoms with Crippen molar-refractivity contribution in [3.8, 4) is 0 Å². The number of nitrogens with one attached hydrogen (secondary N) is 1. The Balaban J connectivity index is 1.70. The van der Waals surface area contributed by atoms with Crippen molar-refractivity contribution in [1.82, 2.24) is 14.5 Å². The molecule has 2 amide bonds. The van der Waals surface area contributed by atoms with E-state index in [4.69, 9.17) is 0 Å². The van der Waals surface area contributed by atoms with Gasteiger partial charge in [0.1, 0.15) is 12.6 Å². The maximum absolute atomic E-state index is 13.0. The molecular formula is C20H19N4O4-. The van der Waals surface area contributed by atoms with Gasteiger partial charge >= 0.3 is 5.69 Å². The van der Waals surface area contributed by atoms with Crippen LogP contribution in [0.3, 0.4) is 0 Å². The van der Waals surface area contributed by atoms with Gasteiger partial charge in [0.05, 0.1) is 11.0 Å². The number of hydrogen-bond donors (Lipinski definition) is 1. The highest BCUT2D eigenvalue weighted by Gasteiger charge is 2.26. The van der Waals surface area contributed by atoms with Gasteiger partial charge in [-0.15, -0.1) is 0 Å². The first kappa shape index (κ1) is 17.8. The van der Waals surface area contributed by atoms with E-state index in [2.05, 4.69) is 5.32 Å². The lowest BCUT2D eigenvalue weighted by Gasteiger charge is -2.25. The third kappa shape index (κ3) is 3.02. The van der Waals surface area contributed by atoms with Crippen LogP contribution in [0.5, 0.6) is 0 Å². The largest absolute Gasteiger partial charge is 0.530 e. The number of para-hydroxylation sites is 2. The molecule has 0 spiro atoms. The SMILES string of the molecule is CN(C(=O)Cn1c(=O)n2c3c(cccc31)CC(NC(=O)[O-])C2)c1ccccc1. The summed E-state index contributed by atoms with van der Waals surface area (Å²) in [6.07, 6.45) is -0.903. The predicted molar refractivity (Wildman–Crippen MR) is 102 cm³/mol. The zero-order valence-corrected chi connectivity index (χ0v) is 15.3. The summed E-state index contributed by atoms with van der Waals surface area (Å²) in [5.74, 6) is -0.221. The number of rotatable bonds is 4. The standard InChI is InChI=1S/C20H20N4O4/c1-22(15-7-3-2-4-8-15)17(25)12-23-16-9-5-6-13-10-14(21-19(26)27)11-24(18(13)16)20(23)28/h2-9,14,21H,10-12H2,1H3,(H,26,27)/p-1. The van der Waals surface area contributed by atoms with E-state index >= 15 is 0 Å². The Bertz CT molecular complexity index is 1120. The van der Waals surface area contributed by atoms with Gasteiger partial charge in [0.15, 0.2) is 0 Å². The van der Waals surface area contributed by atoms with Crippen molar-refractivity contribution in [3.05, 3.63) is 64.6 Å². The van der Waals surface area contributed by atoms with Crippen LogP contribution in [0.15, 0.2) is 53.3 Å². The Morgan fingerprint density at radius 2 is 1.93 bits per heavy atom. The van der Waals surface area contributed by atoms with Crippen LogP contribution in [0, 0.1) is 0 Å². The number of aromatic nitrogens is 2. The summed E-state index contributed by atoms with van der Waals surface area (Å²) in [5, 5.41) is 13.2. The van der Waals surface area contributed by atoms with Crippen molar-refractivity contribution >= 4 is 28.7 Å². The summed E-state index contributed by atoms with van der Waals surface area (Å²) in [7, 11) is 1.67. The van der Waals surface area contributed by atoms with Gasteiger partial charge in [-0.25, -0.2) is 4.79 Å². The number of carbonyl (C=O) groups is 2. The second-order valence-electron chi connectivity index (χ2n) is 6.89. The molecule has 1 aliphatic rings. The van der Waals surface area contributed by atoms with Crippen LogP contribution < -0.4 is 21.0 Å². The molecule has 0 radical (unpaired) electrons. The number of hydrogen-bond acceptors (Lipinski definition) is 4. The molecule has 0 fully saturated rings. The highest BCUT2D eigenvalue weighted by molar-refractivity contribution is 5.93. The van der Waals surface area contributed by atoms with Gasteiger partial charge in [0.2, 0.25) is 5.91 Å². The van der Waals surface area contributed by atoms with Crippen molar-refractivity contribution in [3.63, 3.8) is 0 Å². The smallest absolute Gasteiger partial charge is 0.329 e. The highest BCUT2D eigenvalue weighted by atomic mass is 16.4. The van der Waals surface area contributed by atoms with Gasteiger partial charge in [-0.3, -0.25) is 13.9 Å². The van der Waals surface area contributed by atoms with Crippen LogP contribution in [0.25, 0.3) is 11.0 Å². The van der Waals surface area contributed by atoms with E-state index in [0.717, 1.165) is 16.8 Å². The molecule has 0 saturated carbocycles. The van der Waals surface area contributed by atoms with Gasteiger partial charge in [-0.1, -0.05) is 30.3 Å². The minimum atomic E-state index is -1.37. The van der Waals surface area contributed by atoms with Gasteiger partial charge in [-0.05, 0) is 30.2 Å². The van der Waals surface area contributed by atoms with E-state index in [9.17, 15) is 19.5 Å². The van der Waals surface area contributed by atoms with Crippen molar-refractivity contribution in [1.29, 1.82) is 0 Å². The molecule has 1 N–H and O–H groups in total. The van der Waals surface area contributed by atoms with Crippen molar-refractivity contribution in [2.24, 2.45) is 0 Å². The first-order chi connectivity index (χ1) is 13.5. The van der Waals surface area contributed by atoms with E-state index in [1.165, 1.54) is 14.0 Å². The Morgan fingerprint density at radius 3 is 2.64 bits per heavy atom. The molecule has 0 aliphatic carbocycles. The lowest BCUT2D eigenvalue weighted by molar-refractivity contribution is -0.251. The normalized spacial score (nSPS) is 15.4. The third-order valence-electron chi connectivity index (χ3n) is 5.12. The quantitative estimate of drug-likeness (QED) is 0.706. The third-order valence-corrected chi connectivity index (χ3v) is 5.12. The van der Waals surface area contributed by atoms with Crippen molar-refractivity contribution in [2.75, 3.05) is 11.9 Å². The van der Waals surface area contributed by atoms with Crippen LogP contribution in [0.1, 0.15) is 5.56 Å². The number of carbonyl (C=O) groups excluding carboxylic acids is 2. The lowest BCUT2D eigenvalue weighted by atomic mass is 10.0. The summed E-state index contributed by atoms with van der Waals surface area (Å²) < 4.78 is 2.98. The molecule has 1 atom stereocenters. The zero-order chi connectivity index (χ0) is 19.8. The average Bonchev–Trinajstić information content (AvgIpc) is 2.95. The molecule has 1 aliphatic heterocycles. The molecule has 1 aromatic heterocycles. The predicted octanol–water partition coefficient (Wildman–Crippen LogP) is 0.324. The van der Waals surface area contributed by atoms with E-state index < -0.39 is 12.1 Å².